The molecule has 0 radical (unpaired) electrons. The summed E-state index contributed by atoms with van der Waals surface area (Å²) in [6.45, 7) is 5.25. The summed E-state index contributed by atoms with van der Waals surface area (Å²) in [5.74, 6) is -0.742. The van der Waals surface area contributed by atoms with E-state index in [1.54, 1.807) is 6.07 Å². The molecule has 0 spiro atoms. The van der Waals surface area contributed by atoms with Gasteiger partial charge in [-0.15, -0.1) is 0 Å². The Labute approximate surface area is 175 Å². The predicted octanol–water partition coefficient (Wildman–Crippen LogP) is 3.52. The third kappa shape index (κ3) is 4.59. The van der Waals surface area contributed by atoms with E-state index in [1.165, 1.54) is 24.1 Å². The first-order valence-electron chi connectivity index (χ1n) is 9.93. The fourth-order valence-electron chi connectivity index (χ4n) is 3.73. The van der Waals surface area contributed by atoms with Crippen molar-refractivity contribution in [3.8, 4) is 0 Å². The molecule has 1 saturated heterocycles. The van der Waals surface area contributed by atoms with Crippen molar-refractivity contribution < 1.29 is 14.5 Å². The molecule has 30 heavy (non-hydrogen) atoms. The zero-order chi connectivity index (χ0) is 21.8. The van der Waals surface area contributed by atoms with Crippen LogP contribution < -0.4 is 10.2 Å². The molecule has 3 rings (SSSR count). The molecule has 0 bridgehead atoms. The van der Waals surface area contributed by atoms with E-state index in [4.69, 9.17) is 0 Å². The van der Waals surface area contributed by atoms with Crippen molar-refractivity contribution in [3.05, 3.63) is 63.2 Å². The molecule has 1 aliphatic heterocycles. The van der Waals surface area contributed by atoms with Crippen LogP contribution in [0, 0.1) is 24.0 Å². The molecular formula is C22H26N4O4. The number of anilines is 2. The van der Waals surface area contributed by atoms with Crippen LogP contribution in [-0.4, -0.2) is 48.3 Å². The molecule has 1 heterocycles. The minimum absolute atomic E-state index is 0.144. The molecule has 158 valence electrons. The second-order valence-corrected chi connectivity index (χ2v) is 7.63. The number of benzene rings is 2. The summed E-state index contributed by atoms with van der Waals surface area (Å²) in [5.41, 5.74) is 3.38. The van der Waals surface area contributed by atoms with Gasteiger partial charge in [0, 0.05) is 38.0 Å². The van der Waals surface area contributed by atoms with Crippen LogP contribution >= 0.6 is 0 Å². The Hall–Kier alpha value is -3.42. The van der Waals surface area contributed by atoms with Crippen LogP contribution in [0.25, 0.3) is 0 Å². The largest absolute Gasteiger partial charge is 0.371 e. The Morgan fingerprint density at radius 2 is 1.77 bits per heavy atom. The van der Waals surface area contributed by atoms with Crippen molar-refractivity contribution >= 4 is 28.9 Å². The monoisotopic (exact) mass is 410 g/mol. The highest BCUT2D eigenvalue weighted by atomic mass is 16.6. The number of nitrogens with one attached hydrogen (secondary N) is 1. The standard InChI is InChI=1S/C22H26N4O4/c1-15-7-6-8-16(2)21(15)23-20(27)14-24(3)22(28)18-13-17(26(29)30)9-10-19(18)25-11-4-5-12-25/h6-10,13H,4-5,11-12,14H2,1-3H3,(H,23,27). The maximum absolute atomic E-state index is 13.1. The number of hydrogen-bond acceptors (Lipinski definition) is 5. The second kappa shape index (κ2) is 8.94. The Morgan fingerprint density at radius 3 is 2.37 bits per heavy atom. The number of nitro benzene ring substituents is 1. The average Bonchev–Trinajstić information content (AvgIpc) is 3.24. The highest BCUT2D eigenvalue weighted by Crippen LogP contribution is 2.29. The molecule has 2 aromatic carbocycles. The maximum atomic E-state index is 13.1. The lowest BCUT2D eigenvalue weighted by Gasteiger charge is -2.24. The molecule has 0 unspecified atom stereocenters. The molecule has 8 nitrogen and oxygen atoms in total. The lowest BCUT2D eigenvalue weighted by atomic mass is 10.1. The van der Waals surface area contributed by atoms with Gasteiger partial charge in [0.1, 0.15) is 0 Å². The van der Waals surface area contributed by atoms with Crippen molar-refractivity contribution in [2.75, 3.05) is 36.9 Å². The van der Waals surface area contributed by atoms with Crippen LogP contribution in [0.5, 0.6) is 0 Å². The van der Waals surface area contributed by atoms with Crippen LogP contribution in [0.3, 0.4) is 0 Å². The van der Waals surface area contributed by atoms with Gasteiger partial charge in [0.05, 0.1) is 22.7 Å². The smallest absolute Gasteiger partial charge is 0.270 e. The van der Waals surface area contributed by atoms with Crippen molar-refractivity contribution in [2.24, 2.45) is 0 Å². The number of rotatable bonds is 6. The summed E-state index contributed by atoms with van der Waals surface area (Å²) in [5, 5.41) is 14.1. The van der Waals surface area contributed by atoms with Gasteiger partial charge in [-0.25, -0.2) is 0 Å². The molecule has 0 aromatic heterocycles. The molecule has 1 fully saturated rings. The van der Waals surface area contributed by atoms with Gasteiger partial charge in [-0.3, -0.25) is 19.7 Å². The van der Waals surface area contributed by atoms with Crippen molar-refractivity contribution in [3.63, 3.8) is 0 Å². The first-order chi connectivity index (χ1) is 14.3. The van der Waals surface area contributed by atoms with Crippen molar-refractivity contribution in [1.29, 1.82) is 0 Å². The van der Waals surface area contributed by atoms with Gasteiger partial charge < -0.3 is 15.1 Å². The molecular weight excluding hydrogens is 384 g/mol. The van der Waals surface area contributed by atoms with E-state index in [0.717, 1.165) is 42.7 Å². The number of amides is 2. The fourth-order valence-corrected chi connectivity index (χ4v) is 3.73. The summed E-state index contributed by atoms with van der Waals surface area (Å²) in [6, 6.07) is 10.1. The van der Waals surface area contributed by atoms with E-state index in [2.05, 4.69) is 10.2 Å². The number of nitrogens with zero attached hydrogens (tertiary/aromatic N) is 3. The topological polar surface area (TPSA) is 95.8 Å². The van der Waals surface area contributed by atoms with Crippen LogP contribution in [0.2, 0.25) is 0 Å². The van der Waals surface area contributed by atoms with E-state index in [1.807, 2.05) is 32.0 Å². The molecule has 1 aliphatic rings. The van der Waals surface area contributed by atoms with Gasteiger partial charge in [0.2, 0.25) is 5.91 Å². The normalized spacial score (nSPS) is 13.2. The van der Waals surface area contributed by atoms with Crippen LogP contribution in [0.1, 0.15) is 34.3 Å². The third-order valence-electron chi connectivity index (χ3n) is 5.34. The maximum Gasteiger partial charge on any atom is 0.270 e. The summed E-state index contributed by atoms with van der Waals surface area (Å²) < 4.78 is 0. The van der Waals surface area contributed by atoms with Gasteiger partial charge in [-0.1, -0.05) is 18.2 Å². The quantitative estimate of drug-likeness (QED) is 0.581. The molecule has 0 saturated carbocycles. The third-order valence-corrected chi connectivity index (χ3v) is 5.34. The van der Waals surface area contributed by atoms with E-state index < -0.39 is 10.8 Å². The number of non-ortho nitro benzene ring substituents is 1. The van der Waals surface area contributed by atoms with E-state index in [0.29, 0.717) is 5.69 Å². The van der Waals surface area contributed by atoms with Crippen LogP contribution in [-0.2, 0) is 4.79 Å². The average molecular weight is 410 g/mol. The zero-order valence-corrected chi connectivity index (χ0v) is 17.5. The zero-order valence-electron chi connectivity index (χ0n) is 17.5. The minimum atomic E-state index is -0.516. The number of carbonyl (C=O) groups excluding carboxylic acids is 2. The Bertz CT molecular complexity index is 963. The first kappa shape index (κ1) is 21.3. The van der Waals surface area contributed by atoms with Crippen LogP contribution in [0.15, 0.2) is 36.4 Å². The number of hydrogen-bond donors (Lipinski definition) is 1. The SMILES string of the molecule is Cc1cccc(C)c1NC(=O)CN(C)C(=O)c1cc([N+](=O)[O-])ccc1N1CCCC1. The highest BCUT2D eigenvalue weighted by molar-refractivity contribution is 6.03. The Balaban J connectivity index is 1.80. The molecule has 8 heteroatoms. The van der Waals surface area contributed by atoms with E-state index in [-0.39, 0.29) is 23.7 Å². The van der Waals surface area contributed by atoms with Crippen molar-refractivity contribution in [2.45, 2.75) is 26.7 Å². The lowest BCUT2D eigenvalue weighted by Crippen LogP contribution is -2.36. The Morgan fingerprint density at radius 1 is 1.13 bits per heavy atom. The predicted molar refractivity (Wildman–Crippen MR) is 116 cm³/mol. The highest BCUT2D eigenvalue weighted by Gasteiger charge is 2.25. The second-order valence-electron chi connectivity index (χ2n) is 7.63. The molecule has 2 aromatic rings. The van der Waals surface area contributed by atoms with Gasteiger partial charge in [-0.05, 0) is 43.9 Å². The lowest BCUT2D eigenvalue weighted by molar-refractivity contribution is -0.384. The van der Waals surface area contributed by atoms with Crippen molar-refractivity contribution in [1.82, 2.24) is 4.90 Å². The fraction of sp³-hybridized carbons (Fsp3) is 0.364. The molecule has 2 amide bonds. The van der Waals surface area contributed by atoms with E-state index >= 15 is 0 Å². The van der Waals surface area contributed by atoms with Gasteiger partial charge in [0.25, 0.3) is 11.6 Å². The number of para-hydroxylation sites is 1. The number of carbonyl (C=O) groups is 2. The van der Waals surface area contributed by atoms with Crippen LogP contribution in [0.4, 0.5) is 17.1 Å². The molecule has 0 aliphatic carbocycles. The molecule has 1 N–H and O–H groups in total. The summed E-state index contributed by atoms with van der Waals surface area (Å²) in [4.78, 5) is 39.7. The number of nitro groups is 1. The van der Waals surface area contributed by atoms with Gasteiger partial charge in [0.15, 0.2) is 0 Å². The first-order valence-corrected chi connectivity index (χ1v) is 9.93. The van der Waals surface area contributed by atoms with E-state index in [9.17, 15) is 19.7 Å². The summed E-state index contributed by atoms with van der Waals surface area (Å²) >= 11 is 0. The summed E-state index contributed by atoms with van der Waals surface area (Å²) in [6.07, 6.45) is 2.03. The van der Waals surface area contributed by atoms with Gasteiger partial charge in [-0.2, -0.15) is 0 Å². The van der Waals surface area contributed by atoms with Gasteiger partial charge >= 0.3 is 0 Å². The minimum Gasteiger partial charge on any atom is -0.371 e. The number of likely N-dealkylation sites (N-methyl/N-ethyl adjacent to an activating group) is 1. The number of aryl methyl sites for hydroxylation is 2. The molecule has 0 atom stereocenters. The Kier molecular flexibility index (Phi) is 6.34. The summed E-state index contributed by atoms with van der Waals surface area (Å²) in [7, 11) is 1.53.